The molecule has 0 bridgehead atoms. The van der Waals surface area contributed by atoms with Gasteiger partial charge in [-0.15, -0.1) is 0 Å². The second kappa shape index (κ2) is 5.08. The van der Waals surface area contributed by atoms with Gasteiger partial charge in [-0.1, -0.05) is 6.92 Å². The lowest BCUT2D eigenvalue weighted by Crippen LogP contribution is -2.23. The molecule has 0 aromatic heterocycles. The van der Waals surface area contributed by atoms with Crippen molar-refractivity contribution in [3.05, 3.63) is 0 Å². The molecule has 0 aliphatic carbocycles. The first-order valence-corrected chi connectivity index (χ1v) is 2.81. The van der Waals surface area contributed by atoms with Crippen molar-refractivity contribution in [1.82, 2.24) is 4.90 Å². The van der Waals surface area contributed by atoms with Gasteiger partial charge in [-0.05, 0) is 6.54 Å². The van der Waals surface area contributed by atoms with Crippen molar-refractivity contribution in [3.8, 4) is 12.1 Å². The largest absolute Gasteiger partial charge is 0.278 e. The van der Waals surface area contributed by atoms with Crippen LogP contribution >= 0.6 is 0 Å². The summed E-state index contributed by atoms with van der Waals surface area (Å²) in [4.78, 5) is 1.76. The van der Waals surface area contributed by atoms with Crippen molar-refractivity contribution >= 4 is 0 Å². The summed E-state index contributed by atoms with van der Waals surface area (Å²) in [7, 11) is 0. The number of nitriles is 2. The van der Waals surface area contributed by atoms with Crippen LogP contribution in [-0.4, -0.2) is 24.5 Å². The molecule has 0 amide bonds. The number of hydrogen-bond donors (Lipinski definition) is 0. The fraction of sp³-hybridized carbons (Fsp3) is 0.667. The molecule has 0 rings (SSSR count). The maximum absolute atomic E-state index is 8.19. The van der Waals surface area contributed by atoms with E-state index in [1.165, 1.54) is 0 Å². The average molecular weight is 123 g/mol. The minimum absolute atomic E-state index is 0.351. The Hall–Kier alpha value is -1.06. The fourth-order valence-electron chi connectivity index (χ4n) is 0.480. The summed E-state index contributed by atoms with van der Waals surface area (Å²) in [5.41, 5.74) is 0. The molecule has 3 nitrogen and oxygen atoms in total. The minimum Gasteiger partial charge on any atom is -0.278 e. The van der Waals surface area contributed by atoms with E-state index in [2.05, 4.69) is 0 Å². The van der Waals surface area contributed by atoms with E-state index < -0.39 is 0 Å². The van der Waals surface area contributed by atoms with Gasteiger partial charge in [-0.2, -0.15) is 10.5 Å². The highest BCUT2D eigenvalue weighted by atomic mass is 15.1. The molecule has 0 saturated heterocycles. The summed E-state index contributed by atoms with van der Waals surface area (Å²) in [6, 6.07) is 3.96. The lowest BCUT2D eigenvalue weighted by molar-refractivity contribution is 0.362. The van der Waals surface area contributed by atoms with Gasteiger partial charge in [-0.25, -0.2) is 0 Å². The first-order chi connectivity index (χ1) is 4.35. The molecule has 0 heterocycles. The molecular formula is C6H9N3. The zero-order valence-corrected chi connectivity index (χ0v) is 5.46. The quantitative estimate of drug-likeness (QED) is 0.509. The van der Waals surface area contributed by atoms with Crippen LogP contribution in [0.25, 0.3) is 0 Å². The van der Waals surface area contributed by atoms with E-state index in [0.717, 1.165) is 6.54 Å². The van der Waals surface area contributed by atoms with Gasteiger partial charge in [0.1, 0.15) is 0 Å². The lowest BCUT2D eigenvalue weighted by atomic mass is 10.5. The molecule has 0 fully saturated rings. The zero-order valence-electron chi connectivity index (χ0n) is 5.46. The van der Waals surface area contributed by atoms with E-state index in [0.29, 0.717) is 13.1 Å². The van der Waals surface area contributed by atoms with Gasteiger partial charge >= 0.3 is 0 Å². The third-order valence-electron chi connectivity index (χ3n) is 1.04. The van der Waals surface area contributed by atoms with Gasteiger partial charge in [0.15, 0.2) is 0 Å². The summed E-state index contributed by atoms with van der Waals surface area (Å²) in [5.74, 6) is 0. The fourth-order valence-corrected chi connectivity index (χ4v) is 0.480. The number of hydrogen-bond acceptors (Lipinski definition) is 3. The topological polar surface area (TPSA) is 50.8 Å². The van der Waals surface area contributed by atoms with Crippen LogP contribution in [0.15, 0.2) is 0 Å². The van der Waals surface area contributed by atoms with Crippen LogP contribution in [0.4, 0.5) is 0 Å². The molecule has 0 atom stereocenters. The van der Waals surface area contributed by atoms with Gasteiger partial charge in [0, 0.05) is 0 Å². The Labute approximate surface area is 55.1 Å². The SMILES string of the molecule is CCN(CC#N)CC#N. The second-order valence-electron chi connectivity index (χ2n) is 1.62. The summed E-state index contributed by atoms with van der Waals surface area (Å²) >= 11 is 0. The predicted molar refractivity (Wildman–Crippen MR) is 33.3 cm³/mol. The van der Waals surface area contributed by atoms with E-state index in [4.69, 9.17) is 10.5 Å². The van der Waals surface area contributed by atoms with E-state index in [-0.39, 0.29) is 0 Å². The van der Waals surface area contributed by atoms with Crippen LogP contribution in [0, 0.1) is 22.7 Å². The summed E-state index contributed by atoms with van der Waals surface area (Å²) in [5, 5.41) is 16.4. The predicted octanol–water partition coefficient (Wildman–Crippen LogP) is 0.355. The molecule has 0 unspecified atom stereocenters. The minimum atomic E-state index is 0.351. The molecule has 0 saturated carbocycles. The monoisotopic (exact) mass is 123 g/mol. The number of rotatable bonds is 3. The average Bonchev–Trinajstić information content (AvgIpc) is 1.88. The van der Waals surface area contributed by atoms with Gasteiger partial charge in [-0.3, -0.25) is 4.90 Å². The van der Waals surface area contributed by atoms with Crippen molar-refractivity contribution in [2.24, 2.45) is 0 Å². The molecule has 48 valence electrons. The molecule has 0 radical (unpaired) electrons. The molecular weight excluding hydrogens is 114 g/mol. The molecule has 9 heavy (non-hydrogen) atoms. The Balaban J connectivity index is 3.47. The maximum Gasteiger partial charge on any atom is 0.0874 e. The van der Waals surface area contributed by atoms with Crippen molar-refractivity contribution < 1.29 is 0 Å². The summed E-state index contributed by atoms with van der Waals surface area (Å²) in [6.45, 7) is 3.39. The molecule has 0 spiro atoms. The molecule has 0 aliphatic heterocycles. The third kappa shape index (κ3) is 3.52. The van der Waals surface area contributed by atoms with Crippen LogP contribution in [0.2, 0.25) is 0 Å². The van der Waals surface area contributed by atoms with E-state index in [1.807, 2.05) is 19.1 Å². The van der Waals surface area contributed by atoms with Gasteiger partial charge in [0.25, 0.3) is 0 Å². The first kappa shape index (κ1) is 7.94. The van der Waals surface area contributed by atoms with E-state index >= 15 is 0 Å². The molecule has 0 aromatic carbocycles. The highest BCUT2D eigenvalue weighted by Crippen LogP contribution is 1.82. The van der Waals surface area contributed by atoms with Crippen LogP contribution < -0.4 is 0 Å². The van der Waals surface area contributed by atoms with Crippen molar-refractivity contribution in [2.75, 3.05) is 19.6 Å². The zero-order chi connectivity index (χ0) is 7.11. The smallest absolute Gasteiger partial charge is 0.0874 e. The second-order valence-corrected chi connectivity index (χ2v) is 1.62. The van der Waals surface area contributed by atoms with Crippen LogP contribution in [-0.2, 0) is 0 Å². The Morgan fingerprint density at radius 2 is 1.67 bits per heavy atom. The third-order valence-corrected chi connectivity index (χ3v) is 1.04. The van der Waals surface area contributed by atoms with Gasteiger partial charge < -0.3 is 0 Å². The normalized spacial score (nSPS) is 8.44. The van der Waals surface area contributed by atoms with Crippen molar-refractivity contribution in [1.29, 1.82) is 10.5 Å². The van der Waals surface area contributed by atoms with Crippen LogP contribution in [0.1, 0.15) is 6.92 Å². The first-order valence-electron chi connectivity index (χ1n) is 2.81. The van der Waals surface area contributed by atoms with Crippen LogP contribution in [0.5, 0.6) is 0 Å². The molecule has 0 aromatic rings. The standard InChI is InChI=1S/C6H9N3/c1-2-9(5-3-7)6-4-8/h2,5-6H2,1H3. The highest BCUT2D eigenvalue weighted by molar-refractivity contribution is 4.82. The van der Waals surface area contributed by atoms with Crippen molar-refractivity contribution in [3.63, 3.8) is 0 Å². The van der Waals surface area contributed by atoms with E-state index in [9.17, 15) is 0 Å². The van der Waals surface area contributed by atoms with Gasteiger partial charge in [0.05, 0.1) is 25.2 Å². The molecule has 3 heteroatoms. The van der Waals surface area contributed by atoms with E-state index in [1.54, 1.807) is 4.90 Å². The summed E-state index contributed by atoms with van der Waals surface area (Å²) < 4.78 is 0. The molecule has 0 aliphatic rings. The number of nitrogens with zero attached hydrogens (tertiary/aromatic N) is 3. The van der Waals surface area contributed by atoms with Crippen LogP contribution in [0.3, 0.4) is 0 Å². The Morgan fingerprint density at radius 1 is 1.22 bits per heavy atom. The Morgan fingerprint density at radius 3 is 1.89 bits per heavy atom. The molecule has 0 N–H and O–H groups in total. The Kier molecular flexibility index (Phi) is 4.49. The lowest BCUT2D eigenvalue weighted by Gasteiger charge is -2.09. The maximum atomic E-state index is 8.19. The Bertz CT molecular complexity index is 123. The highest BCUT2D eigenvalue weighted by Gasteiger charge is 1.96. The van der Waals surface area contributed by atoms with Gasteiger partial charge in [0.2, 0.25) is 0 Å². The van der Waals surface area contributed by atoms with Crippen molar-refractivity contribution in [2.45, 2.75) is 6.92 Å². The summed E-state index contributed by atoms with van der Waals surface area (Å²) in [6.07, 6.45) is 0.